The van der Waals surface area contributed by atoms with Crippen LogP contribution in [0.1, 0.15) is 25.2 Å². The lowest BCUT2D eigenvalue weighted by molar-refractivity contribution is 0.416. The van der Waals surface area contributed by atoms with Gasteiger partial charge in [0.25, 0.3) is 0 Å². The van der Waals surface area contributed by atoms with Gasteiger partial charge in [-0.2, -0.15) is 5.26 Å². The molecule has 4 nitrogen and oxygen atoms in total. The number of hydrogen-bond acceptors (Lipinski definition) is 4. The van der Waals surface area contributed by atoms with Crippen LogP contribution < -0.4 is 10.1 Å². The van der Waals surface area contributed by atoms with Gasteiger partial charge in [0.2, 0.25) is 0 Å². The van der Waals surface area contributed by atoms with E-state index in [1.807, 2.05) is 12.1 Å². The summed E-state index contributed by atoms with van der Waals surface area (Å²) in [5.74, 6) is 1.57. The van der Waals surface area contributed by atoms with Crippen molar-refractivity contribution in [2.24, 2.45) is 0 Å². The standard InChI is InChI=1S/C16H18N2O2/c1-11(2)18-10-16-13(6-7-20-16)14-8-12(9-17)4-5-15(14)19-3/h4-8,11,18H,10H2,1-3H3. The molecule has 0 aliphatic heterocycles. The van der Waals surface area contributed by atoms with Gasteiger partial charge in [-0.3, -0.25) is 0 Å². The molecule has 0 atom stereocenters. The van der Waals surface area contributed by atoms with Gasteiger partial charge in [-0.25, -0.2) is 0 Å². The molecule has 2 rings (SSSR count). The molecule has 20 heavy (non-hydrogen) atoms. The predicted molar refractivity (Wildman–Crippen MR) is 77.4 cm³/mol. The fraction of sp³-hybridized carbons (Fsp3) is 0.312. The molecule has 1 heterocycles. The zero-order chi connectivity index (χ0) is 14.5. The van der Waals surface area contributed by atoms with Crippen molar-refractivity contribution in [1.29, 1.82) is 5.26 Å². The molecule has 0 fully saturated rings. The van der Waals surface area contributed by atoms with E-state index >= 15 is 0 Å². The van der Waals surface area contributed by atoms with Gasteiger partial charge < -0.3 is 14.5 Å². The summed E-state index contributed by atoms with van der Waals surface area (Å²) in [4.78, 5) is 0. The Morgan fingerprint density at radius 2 is 2.10 bits per heavy atom. The number of furan rings is 1. The first-order valence-corrected chi connectivity index (χ1v) is 6.54. The normalized spacial score (nSPS) is 10.6. The first-order chi connectivity index (χ1) is 9.65. The second-order valence-corrected chi connectivity index (χ2v) is 4.82. The van der Waals surface area contributed by atoms with Crippen LogP contribution in [0.5, 0.6) is 5.75 Å². The Balaban J connectivity index is 2.41. The van der Waals surface area contributed by atoms with Gasteiger partial charge in [-0.15, -0.1) is 0 Å². The van der Waals surface area contributed by atoms with E-state index in [2.05, 4.69) is 25.2 Å². The van der Waals surface area contributed by atoms with Gasteiger partial charge in [0, 0.05) is 17.2 Å². The van der Waals surface area contributed by atoms with Crippen LogP contribution in [0.15, 0.2) is 34.9 Å². The van der Waals surface area contributed by atoms with Crippen LogP contribution in [0.4, 0.5) is 0 Å². The number of rotatable bonds is 5. The van der Waals surface area contributed by atoms with Crippen LogP contribution in [0.2, 0.25) is 0 Å². The predicted octanol–water partition coefficient (Wildman–Crippen LogP) is 3.32. The molecule has 2 aromatic rings. The molecule has 1 N–H and O–H groups in total. The lowest BCUT2D eigenvalue weighted by Gasteiger charge is -2.11. The van der Waals surface area contributed by atoms with Crippen molar-refractivity contribution in [3.63, 3.8) is 0 Å². The molecule has 0 spiro atoms. The minimum absolute atomic E-state index is 0.375. The van der Waals surface area contributed by atoms with E-state index in [1.54, 1.807) is 25.5 Å². The van der Waals surface area contributed by atoms with Crippen molar-refractivity contribution in [2.75, 3.05) is 7.11 Å². The summed E-state index contributed by atoms with van der Waals surface area (Å²) in [5.41, 5.74) is 2.43. The van der Waals surface area contributed by atoms with Gasteiger partial charge in [0.05, 0.1) is 31.6 Å². The highest BCUT2D eigenvalue weighted by atomic mass is 16.5. The smallest absolute Gasteiger partial charge is 0.126 e. The summed E-state index contributed by atoms with van der Waals surface area (Å²) < 4.78 is 10.9. The topological polar surface area (TPSA) is 58.2 Å². The first kappa shape index (κ1) is 14.2. The van der Waals surface area contributed by atoms with Crippen molar-refractivity contribution in [2.45, 2.75) is 26.4 Å². The van der Waals surface area contributed by atoms with Crippen molar-refractivity contribution >= 4 is 0 Å². The minimum Gasteiger partial charge on any atom is -0.496 e. The maximum Gasteiger partial charge on any atom is 0.126 e. The van der Waals surface area contributed by atoms with Gasteiger partial charge in [-0.1, -0.05) is 13.8 Å². The number of nitriles is 1. The minimum atomic E-state index is 0.375. The van der Waals surface area contributed by atoms with Crippen LogP contribution in [-0.2, 0) is 6.54 Å². The number of ether oxygens (including phenoxy) is 1. The fourth-order valence-corrected chi connectivity index (χ4v) is 2.00. The van der Waals surface area contributed by atoms with Crippen LogP contribution in [0.3, 0.4) is 0 Å². The third kappa shape index (κ3) is 3.01. The summed E-state index contributed by atoms with van der Waals surface area (Å²) in [6.07, 6.45) is 1.66. The van der Waals surface area contributed by atoms with Crippen LogP contribution in [0.25, 0.3) is 11.1 Å². The molecular weight excluding hydrogens is 252 g/mol. The average Bonchev–Trinajstić information content (AvgIpc) is 2.92. The number of hydrogen-bond donors (Lipinski definition) is 1. The molecule has 0 saturated heterocycles. The zero-order valence-electron chi connectivity index (χ0n) is 11.9. The number of nitrogens with one attached hydrogen (secondary N) is 1. The van der Waals surface area contributed by atoms with Crippen LogP contribution in [-0.4, -0.2) is 13.2 Å². The Hall–Kier alpha value is -2.25. The molecule has 0 saturated carbocycles. The Morgan fingerprint density at radius 1 is 1.30 bits per heavy atom. The molecule has 0 amide bonds. The van der Waals surface area contributed by atoms with Crippen LogP contribution >= 0.6 is 0 Å². The Kier molecular flexibility index (Phi) is 4.44. The summed E-state index contributed by atoms with van der Waals surface area (Å²) >= 11 is 0. The van der Waals surface area contributed by atoms with E-state index in [1.165, 1.54) is 0 Å². The Bertz CT molecular complexity index is 624. The number of nitrogens with zero attached hydrogens (tertiary/aromatic N) is 1. The molecule has 1 aromatic carbocycles. The number of methoxy groups -OCH3 is 1. The summed E-state index contributed by atoms with van der Waals surface area (Å²) in [5, 5.41) is 12.4. The Labute approximate surface area is 119 Å². The van der Waals surface area contributed by atoms with Gasteiger partial charge in [0.15, 0.2) is 0 Å². The monoisotopic (exact) mass is 270 g/mol. The van der Waals surface area contributed by atoms with E-state index in [-0.39, 0.29) is 0 Å². The molecule has 1 aromatic heterocycles. The SMILES string of the molecule is COc1ccc(C#N)cc1-c1ccoc1CNC(C)C. The Morgan fingerprint density at radius 3 is 2.75 bits per heavy atom. The van der Waals surface area contributed by atoms with Gasteiger partial charge >= 0.3 is 0 Å². The summed E-state index contributed by atoms with van der Waals surface area (Å²) in [6, 6.07) is 9.80. The molecule has 0 unspecified atom stereocenters. The molecule has 0 bridgehead atoms. The highest BCUT2D eigenvalue weighted by Crippen LogP contribution is 2.33. The molecule has 0 aliphatic carbocycles. The van der Waals surface area contributed by atoms with Gasteiger partial charge in [0.1, 0.15) is 11.5 Å². The average molecular weight is 270 g/mol. The maximum absolute atomic E-state index is 9.04. The quantitative estimate of drug-likeness (QED) is 0.905. The van der Waals surface area contributed by atoms with E-state index in [9.17, 15) is 0 Å². The van der Waals surface area contributed by atoms with Crippen molar-refractivity contribution < 1.29 is 9.15 Å². The lowest BCUT2D eigenvalue weighted by Crippen LogP contribution is -2.21. The van der Waals surface area contributed by atoms with E-state index in [0.29, 0.717) is 18.2 Å². The first-order valence-electron chi connectivity index (χ1n) is 6.54. The number of benzene rings is 1. The summed E-state index contributed by atoms with van der Waals surface area (Å²) in [7, 11) is 1.62. The molecule has 104 valence electrons. The highest BCUT2D eigenvalue weighted by Gasteiger charge is 2.14. The highest BCUT2D eigenvalue weighted by molar-refractivity contribution is 5.73. The van der Waals surface area contributed by atoms with Gasteiger partial charge in [-0.05, 0) is 24.3 Å². The third-order valence-electron chi connectivity index (χ3n) is 3.04. The second kappa shape index (κ2) is 6.27. The van der Waals surface area contributed by atoms with Crippen molar-refractivity contribution in [3.05, 3.63) is 41.9 Å². The van der Waals surface area contributed by atoms with Crippen molar-refractivity contribution in [3.8, 4) is 22.9 Å². The largest absolute Gasteiger partial charge is 0.496 e. The molecule has 0 radical (unpaired) electrons. The van der Waals surface area contributed by atoms with Crippen molar-refractivity contribution in [1.82, 2.24) is 5.32 Å². The molecule has 4 heteroatoms. The third-order valence-corrected chi connectivity index (χ3v) is 3.04. The lowest BCUT2D eigenvalue weighted by atomic mass is 10.0. The van der Waals surface area contributed by atoms with E-state index in [4.69, 9.17) is 14.4 Å². The maximum atomic E-state index is 9.04. The summed E-state index contributed by atoms with van der Waals surface area (Å²) in [6.45, 7) is 4.80. The fourth-order valence-electron chi connectivity index (χ4n) is 2.00. The molecular formula is C16H18N2O2. The zero-order valence-corrected chi connectivity index (χ0v) is 11.9. The second-order valence-electron chi connectivity index (χ2n) is 4.82. The van der Waals surface area contributed by atoms with E-state index < -0.39 is 0 Å². The molecule has 0 aliphatic rings. The van der Waals surface area contributed by atoms with Crippen LogP contribution in [0, 0.1) is 11.3 Å². The van der Waals surface area contributed by atoms with E-state index in [0.717, 1.165) is 22.6 Å².